The van der Waals surface area contributed by atoms with Gasteiger partial charge in [0.2, 0.25) is 9.76 Å². The quantitative estimate of drug-likeness (QED) is 0.0497. The number of unbranched alkanes of at least 4 members (excludes halogenated alkanes) is 21. The summed E-state index contributed by atoms with van der Waals surface area (Å²) in [5, 5.41) is 0. The van der Waals surface area contributed by atoms with Crippen LogP contribution in [0, 0.1) is 0 Å². The molecular weight excluding hydrogens is 454 g/mol. The van der Waals surface area contributed by atoms with Gasteiger partial charge in [0.05, 0.1) is 26.2 Å². The lowest BCUT2D eigenvalue weighted by Gasteiger charge is -2.37. The van der Waals surface area contributed by atoms with Crippen molar-refractivity contribution in [3.05, 3.63) is 0 Å². The largest absolute Gasteiger partial charge is 0.418 e. The fourth-order valence-corrected chi connectivity index (χ4v) is 6.34. The third-order valence-corrected chi connectivity index (χ3v) is 9.54. The lowest BCUT2D eigenvalue weighted by atomic mass is 10.0. The molecular formula is C33H70NOSi+. The van der Waals surface area contributed by atoms with Gasteiger partial charge in [-0.2, -0.15) is 0 Å². The van der Waals surface area contributed by atoms with Gasteiger partial charge < -0.3 is 8.91 Å². The van der Waals surface area contributed by atoms with Gasteiger partial charge in [-0.05, 0) is 46.1 Å². The van der Waals surface area contributed by atoms with Gasteiger partial charge in [-0.1, -0.05) is 135 Å². The summed E-state index contributed by atoms with van der Waals surface area (Å²) < 4.78 is 6.88. The molecule has 0 saturated carbocycles. The Labute approximate surface area is 232 Å². The predicted molar refractivity (Wildman–Crippen MR) is 165 cm³/mol. The predicted octanol–water partition coefficient (Wildman–Crippen LogP) is 10.9. The summed E-state index contributed by atoms with van der Waals surface area (Å²) in [5.74, 6) is 0. The fourth-order valence-electron chi connectivity index (χ4n) is 5.68. The Kier molecular flexibility index (Phi) is 29.8. The molecule has 36 heavy (non-hydrogen) atoms. The van der Waals surface area contributed by atoms with Gasteiger partial charge in [0, 0.05) is 6.61 Å². The molecule has 0 fully saturated rings. The summed E-state index contributed by atoms with van der Waals surface area (Å²) in [6, 6.07) is 1.26. The van der Waals surface area contributed by atoms with E-state index in [1.165, 1.54) is 184 Å². The maximum absolute atomic E-state index is 5.55. The summed E-state index contributed by atoms with van der Waals surface area (Å²) in [7, 11) is 0.711. The Morgan fingerprint density at radius 3 is 1.08 bits per heavy atom. The van der Waals surface area contributed by atoms with E-state index in [4.69, 9.17) is 4.43 Å². The van der Waals surface area contributed by atoms with E-state index in [1.807, 2.05) is 0 Å². The molecule has 0 heterocycles. The first-order valence-corrected chi connectivity index (χ1v) is 18.1. The molecule has 0 spiro atoms. The molecule has 0 unspecified atom stereocenters. The minimum Gasteiger partial charge on any atom is -0.418 e. The van der Waals surface area contributed by atoms with Crippen LogP contribution in [0.4, 0.5) is 0 Å². The van der Waals surface area contributed by atoms with Crippen LogP contribution in [0.1, 0.15) is 175 Å². The highest BCUT2D eigenvalue weighted by atomic mass is 28.2. The highest BCUT2D eigenvalue weighted by molar-refractivity contribution is 6.26. The molecule has 0 atom stereocenters. The van der Waals surface area contributed by atoms with Crippen LogP contribution >= 0.6 is 0 Å². The lowest BCUT2D eigenvalue weighted by molar-refractivity contribution is -0.925. The van der Waals surface area contributed by atoms with Crippen LogP contribution in [0.15, 0.2) is 0 Å². The van der Waals surface area contributed by atoms with Crippen molar-refractivity contribution in [1.82, 2.24) is 0 Å². The van der Waals surface area contributed by atoms with Crippen LogP contribution in [0.2, 0.25) is 6.04 Å². The van der Waals surface area contributed by atoms with Gasteiger partial charge in [0.1, 0.15) is 0 Å². The molecule has 0 amide bonds. The highest BCUT2D eigenvalue weighted by Crippen LogP contribution is 2.16. The van der Waals surface area contributed by atoms with Gasteiger partial charge in [0.15, 0.2) is 0 Å². The average molecular weight is 525 g/mol. The van der Waals surface area contributed by atoms with Crippen LogP contribution in [0.5, 0.6) is 0 Å². The Balaban J connectivity index is 3.35. The minimum atomic E-state index is 0.711. The summed E-state index contributed by atoms with van der Waals surface area (Å²) in [4.78, 5) is 0. The molecule has 3 heteroatoms. The summed E-state index contributed by atoms with van der Waals surface area (Å²) in [6.07, 6.45) is 33.6. The molecule has 2 nitrogen and oxygen atoms in total. The summed E-state index contributed by atoms with van der Waals surface area (Å²) >= 11 is 0. The van der Waals surface area contributed by atoms with E-state index in [0.29, 0.717) is 9.76 Å². The zero-order chi connectivity index (χ0) is 26.4. The van der Waals surface area contributed by atoms with E-state index in [2.05, 4.69) is 27.7 Å². The van der Waals surface area contributed by atoms with Crippen LogP contribution in [-0.2, 0) is 4.43 Å². The zero-order valence-electron chi connectivity index (χ0n) is 25.9. The van der Waals surface area contributed by atoms with Gasteiger partial charge >= 0.3 is 0 Å². The molecule has 0 bridgehead atoms. The lowest BCUT2D eigenvalue weighted by Crippen LogP contribution is -2.49. The maximum Gasteiger partial charge on any atom is 0.229 e. The maximum atomic E-state index is 5.55. The first-order chi connectivity index (χ1) is 17.7. The van der Waals surface area contributed by atoms with Crippen molar-refractivity contribution in [2.24, 2.45) is 0 Å². The first kappa shape index (κ1) is 36.1. The Bertz CT molecular complexity index is 399. The van der Waals surface area contributed by atoms with E-state index < -0.39 is 0 Å². The van der Waals surface area contributed by atoms with E-state index in [1.54, 1.807) is 0 Å². The van der Waals surface area contributed by atoms with E-state index in [-0.39, 0.29) is 0 Å². The first-order valence-electron chi connectivity index (χ1n) is 16.9. The third kappa shape index (κ3) is 24.5. The highest BCUT2D eigenvalue weighted by Gasteiger charge is 2.21. The van der Waals surface area contributed by atoms with E-state index >= 15 is 0 Å². The van der Waals surface area contributed by atoms with E-state index in [0.717, 1.165) is 6.61 Å². The van der Waals surface area contributed by atoms with Gasteiger partial charge in [0.25, 0.3) is 0 Å². The molecule has 0 aliphatic carbocycles. The molecule has 0 aromatic heterocycles. The van der Waals surface area contributed by atoms with Crippen LogP contribution in [0.25, 0.3) is 0 Å². The second-order valence-electron chi connectivity index (χ2n) is 11.5. The molecule has 0 aromatic rings. The Hall–Kier alpha value is 0.137. The van der Waals surface area contributed by atoms with Crippen molar-refractivity contribution in [3.63, 3.8) is 0 Å². The zero-order valence-corrected chi connectivity index (χ0v) is 26.9. The van der Waals surface area contributed by atoms with Crippen molar-refractivity contribution < 1.29 is 8.91 Å². The average Bonchev–Trinajstić information content (AvgIpc) is 2.90. The SMILES string of the molecule is CCCCCCCCCCCCCCCCCCCCCCCC[N+](CC)(CC)CCC[Si]OCC. The smallest absolute Gasteiger partial charge is 0.229 e. The van der Waals surface area contributed by atoms with Crippen molar-refractivity contribution >= 4 is 9.76 Å². The summed E-state index contributed by atoms with van der Waals surface area (Å²) in [5.41, 5.74) is 0. The fraction of sp³-hybridized carbons (Fsp3) is 1.00. The van der Waals surface area contributed by atoms with Crippen LogP contribution < -0.4 is 0 Å². The molecule has 0 N–H and O–H groups in total. The minimum absolute atomic E-state index is 0.711. The van der Waals surface area contributed by atoms with Crippen molar-refractivity contribution in [1.29, 1.82) is 0 Å². The van der Waals surface area contributed by atoms with Crippen molar-refractivity contribution in [2.75, 3.05) is 32.8 Å². The van der Waals surface area contributed by atoms with Crippen molar-refractivity contribution in [3.8, 4) is 0 Å². The number of nitrogens with zero attached hydrogens (tertiary/aromatic N) is 1. The molecule has 2 radical (unpaired) electrons. The molecule has 0 aromatic carbocycles. The molecule has 0 saturated heterocycles. The molecule has 0 rings (SSSR count). The second kappa shape index (κ2) is 29.7. The topological polar surface area (TPSA) is 9.23 Å². The standard InChI is InChI=1S/C33H70NOSi/c1-5-9-10-11-12-13-14-15-16-17-18-19-20-21-22-23-24-25-26-27-28-29-31-34(6-2,7-3)32-30-33-36-35-8-4/h5-33H2,1-4H3/q+1. The molecule has 0 aliphatic rings. The van der Waals surface area contributed by atoms with Gasteiger partial charge in [-0.3, -0.25) is 0 Å². The number of quaternary nitrogens is 1. The Morgan fingerprint density at radius 1 is 0.417 bits per heavy atom. The number of rotatable bonds is 31. The normalized spacial score (nSPS) is 12.0. The monoisotopic (exact) mass is 525 g/mol. The van der Waals surface area contributed by atoms with Crippen molar-refractivity contribution in [2.45, 2.75) is 181 Å². The molecule has 0 aliphatic heterocycles. The third-order valence-electron chi connectivity index (χ3n) is 8.49. The van der Waals surface area contributed by atoms with Crippen LogP contribution in [-0.4, -0.2) is 47.0 Å². The summed E-state index contributed by atoms with van der Waals surface area (Å²) in [6.45, 7) is 15.4. The Morgan fingerprint density at radius 2 is 0.750 bits per heavy atom. The number of hydrogen-bond donors (Lipinski definition) is 0. The van der Waals surface area contributed by atoms with Gasteiger partial charge in [-0.15, -0.1) is 0 Å². The number of hydrogen-bond acceptors (Lipinski definition) is 1. The second-order valence-corrected chi connectivity index (χ2v) is 12.6. The molecule has 216 valence electrons. The van der Waals surface area contributed by atoms with Gasteiger partial charge in [-0.25, -0.2) is 0 Å². The van der Waals surface area contributed by atoms with E-state index in [9.17, 15) is 0 Å². The van der Waals surface area contributed by atoms with Crippen LogP contribution in [0.3, 0.4) is 0 Å².